The van der Waals surface area contributed by atoms with Crippen LogP contribution in [0.3, 0.4) is 0 Å². The van der Waals surface area contributed by atoms with Crippen LogP contribution in [0.4, 0.5) is 0 Å². The maximum absolute atomic E-state index is 12.3. The van der Waals surface area contributed by atoms with Crippen LogP contribution in [0.2, 0.25) is 0 Å². The van der Waals surface area contributed by atoms with Gasteiger partial charge >= 0.3 is 5.97 Å². The number of rotatable bonds is 1. The molecule has 4 nitrogen and oxygen atoms in total. The third-order valence-electron chi connectivity index (χ3n) is 10.5. The van der Waals surface area contributed by atoms with Gasteiger partial charge in [-0.05, 0) is 91.9 Å². The van der Waals surface area contributed by atoms with Gasteiger partial charge in [-0.25, -0.2) is 4.79 Å². The van der Waals surface area contributed by atoms with Crippen molar-refractivity contribution in [3.05, 3.63) is 11.6 Å². The summed E-state index contributed by atoms with van der Waals surface area (Å²) in [5.74, 6) is 1.92. The highest BCUT2D eigenvalue weighted by atomic mass is 16.5. The molecule has 1 aliphatic heterocycles. The van der Waals surface area contributed by atoms with E-state index in [4.69, 9.17) is 4.74 Å². The molecule has 4 aliphatic carbocycles. The van der Waals surface area contributed by atoms with Crippen molar-refractivity contribution in [2.24, 2.45) is 40.4 Å². The predicted molar refractivity (Wildman–Crippen MR) is 106 cm³/mol. The Bertz CT molecular complexity index is 715. The van der Waals surface area contributed by atoms with Crippen molar-refractivity contribution >= 4 is 5.97 Å². The molecule has 0 spiro atoms. The number of aliphatic hydroxyl groups is 2. The third-order valence-corrected chi connectivity index (χ3v) is 10.5. The molecule has 0 radical (unpaired) electrons. The summed E-state index contributed by atoms with van der Waals surface area (Å²) in [5.41, 5.74) is 0.508. The zero-order valence-electron chi connectivity index (χ0n) is 17.6. The molecule has 5 aliphatic rings. The van der Waals surface area contributed by atoms with E-state index in [2.05, 4.69) is 20.8 Å². The number of hydrogen-bond donors (Lipinski definition) is 2. The number of hydrogen-bond acceptors (Lipinski definition) is 4. The lowest BCUT2D eigenvalue weighted by Crippen LogP contribution is -2.64. The number of aliphatic hydroxyl groups excluding tert-OH is 1. The van der Waals surface area contributed by atoms with E-state index in [9.17, 15) is 15.0 Å². The van der Waals surface area contributed by atoms with Gasteiger partial charge in [-0.15, -0.1) is 0 Å². The summed E-state index contributed by atoms with van der Waals surface area (Å²) in [6, 6.07) is 0. The Kier molecular flexibility index (Phi) is 4.15. The van der Waals surface area contributed by atoms with Gasteiger partial charge < -0.3 is 14.9 Å². The number of carbonyl (C=O) groups is 1. The Morgan fingerprint density at radius 3 is 2.57 bits per heavy atom. The monoisotopic (exact) mass is 388 g/mol. The number of fused-ring (bicyclic) bond motifs is 5. The summed E-state index contributed by atoms with van der Waals surface area (Å²) < 4.78 is 5.24. The maximum Gasteiger partial charge on any atom is 0.331 e. The number of ether oxygens (including phenoxy) is 1. The fourth-order valence-electron chi connectivity index (χ4n) is 8.76. The van der Waals surface area contributed by atoms with E-state index >= 15 is 0 Å². The first-order chi connectivity index (χ1) is 13.2. The molecule has 2 N–H and O–H groups in total. The Morgan fingerprint density at radius 2 is 1.86 bits per heavy atom. The van der Waals surface area contributed by atoms with Gasteiger partial charge in [-0.3, -0.25) is 0 Å². The molecule has 0 aromatic rings. The van der Waals surface area contributed by atoms with Crippen LogP contribution in [-0.4, -0.2) is 34.5 Å². The molecule has 1 heterocycles. The van der Waals surface area contributed by atoms with E-state index in [-0.39, 0.29) is 28.8 Å². The van der Waals surface area contributed by atoms with E-state index in [0.717, 1.165) is 56.9 Å². The lowest BCUT2D eigenvalue weighted by molar-refractivity contribution is -0.227. The molecular weight excluding hydrogens is 352 g/mol. The van der Waals surface area contributed by atoms with Gasteiger partial charge in [0.2, 0.25) is 0 Å². The Balaban J connectivity index is 1.51. The molecular formula is C24H36O4. The Hall–Kier alpha value is -0.870. The quantitative estimate of drug-likeness (QED) is 0.670. The third kappa shape index (κ3) is 2.28. The minimum atomic E-state index is -0.656. The van der Waals surface area contributed by atoms with Crippen molar-refractivity contribution in [2.75, 3.05) is 6.61 Å². The SMILES string of the molecule is CC1CC2[C@@H](CC[C@@H]3C[C@@H](O)CC[C@]23C)[C@@]2(O)CC[C@H](C3=CC(=O)OC3)[C@@]12C. The summed E-state index contributed by atoms with van der Waals surface area (Å²) in [4.78, 5) is 11.7. The largest absolute Gasteiger partial charge is 0.458 e. The van der Waals surface area contributed by atoms with Crippen LogP contribution in [0.1, 0.15) is 72.1 Å². The van der Waals surface area contributed by atoms with E-state index in [1.807, 2.05) is 0 Å². The van der Waals surface area contributed by atoms with Gasteiger partial charge in [-0.2, -0.15) is 0 Å². The Morgan fingerprint density at radius 1 is 1.07 bits per heavy atom. The highest BCUT2D eigenvalue weighted by Gasteiger charge is 2.69. The first-order valence-electron chi connectivity index (χ1n) is 11.5. The molecule has 0 bridgehead atoms. The first kappa shape index (κ1) is 19.1. The molecule has 156 valence electrons. The van der Waals surface area contributed by atoms with Gasteiger partial charge in [0.25, 0.3) is 0 Å². The minimum absolute atomic E-state index is 0.133. The lowest BCUT2D eigenvalue weighted by Gasteiger charge is -2.65. The second kappa shape index (κ2) is 6.07. The molecule has 0 aromatic carbocycles. The summed E-state index contributed by atoms with van der Waals surface area (Å²) in [7, 11) is 0. The minimum Gasteiger partial charge on any atom is -0.458 e. The van der Waals surface area contributed by atoms with E-state index in [1.54, 1.807) is 6.08 Å². The van der Waals surface area contributed by atoms with Gasteiger partial charge in [0.05, 0.1) is 11.7 Å². The summed E-state index contributed by atoms with van der Waals surface area (Å²) in [6.45, 7) is 7.50. The van der Waals surface area contributed by atoms with Crippen LogP contribution in [-0.2, 0) is 9.53 Å². The molecule has 0 saturated heterocycles. The van der Waals surface area contributed by atoms with Crippen molar-refractivity contribution in [2.45, 2.75) is 83.8 Å². The van der Waals surface area contributed by atoms with Crippen molar-refractivity contribution in [1.82, 2.24) is 0 Å². The van der Waals surface area contributed by atoms with Crippen molar-refractivity contribution in [1.29, 1.82) is 0 Å². The summed E-state index contributed by atoms with van der Waals surface area (Å²) >= 11 is 0. The van der Waals surface area contributed by atoms with Crippen molar-refractivity contribution < 1.29 is 19.7 Å². The number of cyclic esters (lactones) is 1. The number of carbonyl (C=O) groups excluding carboxylic acids is 1. The van der Waals surface area contributed by atoms with E-state index in [1.165, 1.54) is 0 Å². The molecule has 9 atom stereocenters. The normalized spacial score (nSPS) is 55.8. The molecule has 0 amide bonds. The molecule has 28 heavy (non-hydrogen) atoms. The van der Waals surface area contributed by atoms with Crippen LogP contribution in [0.15, 0.2) is 11.6 Å². The van der Waals surface area contributed by atoms with Gasteiger partial charge in [0.15, 0.2) is 0 Å². The summed E-state index contributed by atoms with van der Waals surface area (Å²) in [6.07, 6.45) is 9.69. The van der Waals surface area contributed by atoms with Crippen LogP contribution < -0.4 is 0 Å². The molecule has 4 heteroatoms. The summed E-state index contributed by atoms with van der Waals surface area (Å²) in [5, 5.41) is 22.5. The van der Waals surface area contributed by atoms with Gasteiger partial charge in [0.1, 0.15) is 6.61 Å². The smallest absolute Gasteiger partial charge is 0.331 e. The molecule has 4 saturated carbocycles. The number of esters is 1. The highest BCUT2D eigenvalue weighted by Crippen LogP contribution is 2.71. The topological polar surface area (TPSA) is 66.8 Å². The van der Waals surface area contributed by atoms with Gasteiger partial charge in [-0.1, -0.05) is 20.8 Å². The molecule has 2 unspecified atom stereocenters. The zero-order chi connectivity index (χ0) is 19.9. The fraction of sp³-hybridized carbons (Fsp3) is 0.875. The maximum atomic E-state index is 12.3. The zero-order valence-corrected chi connectivity index (χ0v) is 17.6. The standard InChI is InChI=1S/C24H36O4/c1-14-10-20-19(5-4-16-12-17(25)6-8-22(16,20)2)24(27)9-7-18(23(14,24)3)15-11-21(26)28-13-15/h11,14,16-20,25,27H,4-10,12-13H2,1-3H3/t14?,16-,17+,18-,19-,20?,22+,23-,24+/m1/s1. The average Bonchev–Trinajstić information content (AvgIpc) is 3.19. The lowest BCUT2D eigenvalue weighted by atomic mass is 9.41. The van der Waals surface area contributed by atoms with Crippen molar-refractivity contribution in [3.63, 3.8) is 0 Å². The van der Waals surface area contributed by atoms with Crippen molar-refractivity contribution in [3.8, 4) is 0 Å². The van der Waals surface area contributed by atoms with Crippen LogP contribution >= 0.6 is 0 Å². The van der Waals surface area contributed by atoms with Crippen LogP contribution in [0.25, 0.3) is 0 Å². The van der Waals surface area contributed by atoms with Gasteiger partial charge in [0, 0.05) is 11.5 Å². The second-order valence-corrected chi connectivity index (χ2v) is 11.2. The van der Waals surface area contributed by atoms with Crippen LogP contribution in [0, 0.1) is 40.4 Å². The molecule has 4 fully saturated rings. The highest BCUT2D eigenvalue weighted by molar-refractivity contribution is 5.85. The molecule has 5 rings (SSSR count). The van der Waals surface area contributed by atoms with E-state index in [0.29, 0.717) is 30.3 Å². The molecule has 0 aromatic heterocycles. The second-order valence-electron chi connectivity index (χ2n) is 11.2. The Labute approximate surface area is 168 Å². The van der Waals surface area contributed by atoms with Crippen LogP contribution in [0.5, 0.6) is 0 Å². The first-order valence-corrected chi connectivity index (χ1v) is 11.5. The fourth-order valence-corrected chi connectivity index (χ4v) is 8.76. The van der Waals surface area contributed by atoms with E-state index < -0.39 is 5.60 Å². The predicted octanol–water partition coefficient (Wildman–Crippen LogP) is 3.85. The average molecular weight is 389 g/mol.